The molecule has 0 radical (unpaired) electrons. The summed E-state index contributed by atoms with van der Waals surface area (Å²) in [7, 11) is 0. The van der Waals surface area contributed by atoms with Crippen LogP contribution in [0, 0.1) is 17.8 Å². The molecule has 0 saturated heterocycles. The molecule has 0 atom stereocenters. The molecule has 0 heterocycles. The van der Waals surface area contributed by atoms with Crippen molar-refractivity contribution in [3.63, 3.8) is 0 Å². The third kappa shape index (κ3) is 5.78. The summed E-state index contributed by atoms with van der Waals surface area (Å²) in [6.45, 7) is 2.79. The molecule has 2 aliphatic carbocycles. The lowest BCUT2D eigenvalue weighted by molar-refractivity contribution is 0.246. The van der Waals surface area contributed by atoms with Crippen molar-refractivity contribution in [3.8, 4) is 5.75 Å². The Morgan fingerprint density at radius 3 is 2.00 bits per heavy atom. The van der Waals surface area contributed by atoms with Gasteiger partial charge < -0.3 is 4.74 Å². The van der Waals surface area contributed by atoms with Crippen LogP contribution in [0.4, 0.5) is 0 Å². The van der Waals surface area contributed by atoms with Gasteiger partial charge in [0.05, 0.1) is 6.61 Å². The summed E-state index contributed by atoms with van der Waals surface area (Å²) in [6, 6.07) is 8.84. The van der Waals surface area contributed by atoms with Crippen LogP contribution in [0.1, 0.15) is 82.6 Å². The molecule has 1 aromatic rings. The van der Waals surface area contributed by atoms with Gasteiger partial charge in [0.2, 0.25) is 0 Å². The first-order valence-electron chi connectivity index (χ1n) is 10.8. The van der Waals surface area contributed by atoms with E-state index in [1.807, 2.05) is 6.92 Å². The fraction of sp³-hybridized carbons (Fsp3) is 0.667. The van der Waals surface area contributed by atoms with Crippen LogP contribution in [0.5, 0.6) is 5.75 Å². The molecular formula is C24H35ClO. The van der Waals surface area contributed by atoms with Gasteiger partial charge in [0.1, 0.15) is 5.75 Å². The normalized spacial score (nSPS) is 29.8. The second-order valence-electron chi connectivity index (χ2n) is 8.40. The Labute approximate surface area is 165 Å². The van der Waals surface area contributed by atoms with E-state index in [4.69, 9.17) is 16.3 Å². The zero-order chi connectivity index (χ0) is 18.2. The van der Waals surface area contributed by atoms with E-state index in [0.717, 1.165) is 36.0 Å². The maximum atomic E-state index is 5.72. The Bertz CT molecular complexity index is 534. The lowest BCUT2D eigenvalue weighted by Crippen LogP contribution is -2.17. The molecule has 0 amide bonds. The van der Waals surface area contributed by atoms with Gasteiger partial charge in [-0.05, 0) is 99.7 Å². The van der Waals surface area contributed by atoms with Crippen LogP contribution in [0.25, 0.3) is 0 Å². The van der Waals surface area contributed by atoms with Gasteiger partial charge in [0.15, 0.2) is 0 Å². The first kappa shape index (κ1) is 19.8. The van der Waals surface area contributed by atoms with Crippen LogP contribution in [-0.4, -0.2) is 6.61 Å². The molecule has 3 rings (SSSR count). The zero-order valence-electron chi connectivity index (χ0n) is 16.3. The summed E-state index contributed by atoms with van der Waals surface area (Å²) in [5.41, 5.74) is 3.23. The molecule has 0 bridgehead atoms. The molecule has 1 aromatic carbocycles. The van der Waals surface area contributed by atoms with Gasteiger partial charge >= 0.3 is 0 Å². The third-order valence-corrected chi connectivity index (χ3v) is 6.87. The summed E-state index contributed by atoms with van der Waals surface area (Å²) >= 11 is 5.72. The van der Waals surface area contributed by atoms with E-state index >= 15 is 0 Å². The highest BCUT2D eigenvalue weighted by Crippen LogP contribution is 2.40. The largest absolute Gasteiger partial charge is 0.494 e. The quantitative estimate of drug-likeness (QED) is 0.475. The van der Waals surface area contributed by atoms with Gasteiger partial charge in [-0.25, -0.2) is 0 Å². The Morgan fingerprint density at radius 2 is 1.46 bits per heavy atom. The van der Waals surface area contributed by atoms with Crippen molar-refractivity contribution in [3.05, 3.63) is 41.4 Å². The number of hydrogen-bond acceptors (Lipinski definition) is 1. The van der Waals surface area contributed by atoms with E-state index < -0.39 is 0 Å². The molecule has 2 fully saturated rings. The lowest BCUT2D eigenvalue weighted by Gasteiger charge is -2.31. The van der Waals surface area contributed by atoms with Crippen molar-refractivity contribution in [2.75, 3.05) is 6.61 Å². The summed E-state index contributed by atoms with van der Waals surface area (Å²) in [5, 5.41) is 0. The smallest absolute Gasteiger partial charge is 0.119 e. The lowest BCUT2D eigenvalue weighted by atomic mass is 9.74. The fourth-order valence-electron chi connectivity index (χ4n) is 5.03. The standard InChI is InChI=1S/C24H35ClO/c1-2-26-24-15-13-23(14-16-24)22-11-9-20(10-12-22)4-3-19-5-7-21(8-6-19)17-18-25/h13-22H,2-12H2,1H3. The number of allylic oxidation sites excluding steroid dienone is 1. The average Bonchev–Trinajstić information content (AvgIpc) is 2.69. The molecular weight excluding hydrogens is 340 g/mol. The SMILES string of the molecule is CCOc1ccc(C2CCC(CCC3CCC(C=CCl)CC3)CC2)cc1. The molecule has 0 N–H and O–H groups in total. The van der Waals surface area contributed by atoms with Crippen LogP contribution < -0.4 is 4.74 Å². The number of ether oxygens (including phenoxy) is 1. The summed E-state index contributed by atoms with van der Waals surface area (Å²) in [6.07, 6.45) is 16.2. The maximum absolute atomic E-state index is 5.72. The molecule has 2 saturated carbocycles. The molecule has 0 unspecified atom stereocenters. The van der Waals surface area contributed by atoms with E-state index in [0.29, 0.717) is 0 Å². The first-order valence-corrected chi connectivity index (χ1v) is 11.2. The second kappa shape index (κ2) is 10.4. The molecule has 26 heavy (non-hydrogen) atoms. The zero-order valence-corrected chi connectivity index (χ0v) is 17.1. The topological polar surface area (TPSA) is 9.23 Å². The van der Waals surface area contributed by atoms with Crippen molar-refractivity contribution in [1.82, 2.24) is 0 Å². The number of halogens is 1. The highest BCUT2D eigenvalue weighted by Gasteiger charge is 2.24. The van der Waals surface area contributed by atoms with Crippen molar-refractivity contribution in [2.24, 2.45) is 17.8 Å². The molecule has 0 aromatic heterocycles. The molecule has 0 aliphatic heterocycles. The minimum atomic E-state index is 0.744. The van der Waals surface area contributed by atoms with Gasteiger partial charge in [-0.15, -0.1) is 0 Å². The van der Waals surface area contributed by atoms with Gasteiger partial charge in [-0.2, -0.15) is 0 Å². The highest BCUT2D eigenvalue weighted by molar-refractivity contribution is 6.25. The molecule has 2 aliphatic rings. The highest BCUT2D eigenvalue weighted by atomic mass is 35.5. The van der Waals surface area contributed by atoms with Crippen molar-refractivity contribution >= 4 is 11.6 Å². The summed E-state index contributed by atoms with van der Waals surface area (Å²) in [5.74, 6) is 4.45. The third-order valence-electron chi connectivity index (χ3n) is 6.73. The molecule has 1 nitrogen and oxygen atoms in total. The molecule has 0 spiro atoms. The Balaban J connectivity index is 1.36. The minimum absolute atomic E-state index is 0.744. The first-order chi connectivity index (χ1) is 12.8. The number of benzene rings is 1. The monoisotopic (exact) mass is 374 g/mol. The van der Waals surface area contributed by atoms with Crippen LogP contribution in [0.2, 0.25) is 0 Å². The molecule has 2 heteroatoms. The Morgan fingerprint density at radius 1 is 0.885 bits per heavy atom. The van der Waals surface area contributed by atoms with Crippen LogP contribution >= 0.6 is 11.6 Å². The number of rotatable bonds is 7. The predicted molar refractivity (Wildman–Crippen MR) is 112 cm³/mol. The Hall–Kier alpha value is -0.950. The van der Waals surface area contributed by atoms with Crippen molar-refractivity contribution < 1.29 is 4.74 Å². The van der Waals surface area contributed by atoms with Crippen LogP contribution in [0.15, 0.2) is 35.9 Å². The summed E-state index contributed by atoms with van der Waals surface area (Å²) in [4.78, 5) is 0. The minimum Gasteiger partial charge on any atom is -0.494 e. The average molecular weight is 375 g/mol. The summed E-state index contributed by atoms with van der Waals surface area (Å²) < 4.78 is 5.56. The van der Waals surface area contributed by atoms with Crippen LogP contribution in [-0.2, 0) is 0 Å². The van der Waals surface area contributed by atoms with E-state index in [2.05, 4.69) is 30.3 Å². The van der Waals surface area contributed by atoms with Crippen molar-refractivity contribution in [2.45, 2.75) is 77.0 Å². The second-order valence-corrected chi connectivity index (χ2v) is 8.65. The fourth-order valence-corrected chi connectivity index (χ4v) is 5.24. The van der Waals surface area contributed by atoms with Gasteiger partial charge in [-0.1, -0.05) is 42.7 Å². The van der Waals surface area contributed by atoms with Gasteiger partial charge in [-0.3, -0.25) is 0 Å². The Kier molecular flexibility index (Phi) is 7.92. The van der Waals surface area contributed by atoms with E-state index in [1.165, 1.54) is 69.8 Å². The van der Waals surface area contributed by atoms with Crippen LogP contribution in [0.3, 0.4) is 0 Å². The predicted octanol–water partition coefficient (Wildman–Crippen LogP) is 7.70. The van der Waals surface area contributed by atoms with Gasteiger partial charge in [0.25, 0.3) is 0 Å². The van der Waals surface area contributed by atoms with E-state index in [1.54, 1.807) is 5.54 Å². The van der Waals surface area contributed by atoms with Crippen molar-refractivity contribution in [1.29, 1.82) is 0 Å². The van der Waals surface area contributed by atoms with E-state index in [9.17, 15) is 0 Å². The molecule has 144 valence electrons. The number of hydrogen-bond donors (Lipinski definition) is 0. The van der Waals surface area contributed by atoms with E-state index in [-0.39, 0.29) is 0 Å². The van der Waals surface area contributed by atoms with Gasteiger partial charge in [0, 0.05) is 5.54 Å². The maximum Gasteiger partial charge on any atom is 0.119 e.